The van der Waals surface area contributed by atoms with Gasteiger partial charge in [-0.2, -0.15) is 0 Å². The average molecular weight is 202 g/mol. The Morgan fingerprint density at radius 1 is 1.07 bits per heavy atom. The third-order valence-corrected chi connectivity index (χ3v) is 1.83. The maximum atomic E-state index is 11.3. The molecule has 1 aliphatic heterocycles. The van der Waals surface area contributed by atoms with Crippen LogP contribution in [0.1, 0.15) is 0 Å². The first-order valence-corrected chi connectivity index (χ1v) is 3.98. The highest BCUT2D eigenvalue weighted by Crippen LogP contribution is 2.07. The van der Waals surface area contributed by atoms with Crippen molar-refractivity contribution >= 4 is 18.0 Å². The Morgan fingerprint density at radius 2 is 1.43 bits per heavy atom. The summed E-state index contributed by atoms with van der Waals surface area (Å²) in [5, 5.41) is 16.9. The molecule has 0 radical (unpaired) electrons. The zero-order valence-electron chi connectivity index (χ0n) is 7.34. The first kappa shape index (κ1) is 10.3. The molecule has 1 heterocycles. The van der Waals surface area contributed by atoms with Gasteiger partial charge in [0.2, 0.25) is 0 Å². The summed E-state index contributed by atoms with van der Waals surface area (Å²) in [7, 11) is 0. The standard InChI is InChI=1S/C7H10N2O5/c10-5(11)3-8-1-2-9(7(8)14)4-6(12)13/h1-4H2,(H,10,11)(H,12,13). The van der Waals surface area contributed by atoms with Crippen molar-refractivity contribution < 1.29 is 24.6 Å². The van der Waals surface area contributed by atoms with Crippen LogP contribution in [-0.4, -0.2) is 64.2 Å². The van der Waals surface area contributed by atoms with Gasteiger partial charge in [-0.3, -0.25) is 9.59 Å². The number of carboxylic acids is 2. The van der Waals surface area contributed by atoms with E-state index in [1.165, 1.54) is 0 Å². The molecule has 7 heteroatoms. The summed E-state index contributed by atoms with van der Waals surface area (Å²) in [5.74, 6) is -2.20. The van der Waals surface area contributed by atoms with Gasteiger partial charge >= 0.3 is 18.0 Å². The highest BCUT2D eigenvalue weighted by atomic mass is 16.4. The van der Waals surface area contributed by atoms with Gasteiger partial charge < -0.3 is 20.0 Å². The van der Waals surface area contributed by atoms with Gasteiger partial charge in [0.15, 0.2) is 0 Å². The largest absolute Gasteiger partial charge is 0.480 e. The molecule has 78 valence electrons. The molecular formula is C7H10N2O5. The number of carbonyl (C=O) groups excluding carboxylic acids is 1. The highest BCUT2D eigenvalue weighted by molar-refractivity contribution is 5.84. The number of hydrogen-bond acceptors (Lipinski definition) is 3. The number of nitrogens with zero attached hydrogens (tertiary/aromatic N) is 2. The lowest BCUT2D eigenvalue weighted by Crippen LogP contribution is -2.37. The van der Waals surface area contributed by atoms with Crippen LogP contribution in [-0.2, 0) is 9.59 Å². The Labute approximate surface area is 79.5 Å². The first-order chi connectivity index (χ1) is 6.50. The predicted molar refractivity (Wildman–Crippen MR) is 43.8 cm³/mol. The van der Waals surface area contributed by atoms with Crippen molar-refractivity contribution in [1.82, 2.24) is 9.80 Å². The van der Waals surface area contributed by atoms with Crippen molar-refractivity contribution in [3.63, 3.8) is 0 Å². The minimum atomic E-state index is -1.10. The van der Waals surface area contributed by atoms with Crippen LogP contribution in [0.5, 0.6) is 0 Å². The molecule has 2 N–H and O–H groups in total. The minimum absolute atomic E-state index is 0.262. The molecule has 1 rings (SSSR count). The molecule has 0 spiro atoms. The third-order valence-electron chi connectivity index (χ3n) is 1.83. The highest BCUT2D eigenvalue weighted by Gasteiger charge is 2.30. The molecule has 0 atom stereocenters. The molecule has 1 saturated heterocycles. The van der Waals surface area contributed by atoms with Crippen molar-refractivity contribution in [3.8, 4) is 0 Å². The van der Waals surface area contributed by atoms with Crippen LogP contribution in [0.2, 0.25) is 0 Å². The molecule has 0 aromatic rings. The average Bonchev–Trinajstić information content (AvgIpc) is 2.34. The smallest absolute Gasteiger partial charge is 0.323 e. The summed E-state index contributed by atoms with van der Waals surface area (Å²) >= 11 is 0. The third kappa shape index (κ3) is 2.35. The summed E-state index contributed by atoms with van der Waals surface area (Å²) in [6.07, 6.45) is 0. The molecule has 0 unspecified atom stereocenters. The second-order valence-electron chi connectivity index (χ2n) is 2.91. The van der Waals surface area contributed by atoms with Gasteiger partial charge in [-0.15, -0.1) is 0 Å². The summed E-state index contributed by atoms with van der Waals surface area (Å²) in [6, 6.07) is -0.533. The van der Waals surface area contributed by atoms with Crippen molar-refractivity contribution in [2.45, 2.75) is 0 Å². The summed E-state index contributed by atoms with van der Waals surface area (Å²) in [5.41, 5.74) is 0. The summed E-state index contributed by atoms with van der Waals surface area (Å²) < 4.78 is 0. The van der Waals surface area contributed by atoms with Gasteiger partial charge in [0.1, 0.15) is 13.1 Å². The molecule has 0 saturated carbocycles. The van der Waals surface area contributed by atoms with Crippen molar-refractivity contribution in [2.24, 2.45) is 0 Å². The van der Waals surface area contributed by atoms with Gasteiger partial charge in [0.25, 0.3) is 0 Å². The monoisotopic (exact) mass is 202 g/mol. The van der Waals surface area contributed by atoms with Gasteiger partial charge in [-0.05, 0) is 0 Å². The van der Waals surface area contributed by atoms with Gasteiger partial charge in [0.05, 0.1) is 0 Å². The van der Waals surface area contributed by atoms with Gasteiger partial charge in [-0.1, -0.05) is 0 Å². The Kier molecular flexibility index (Phi) is 2.90. The number of aliphatic carboxylic acids is 2. The Balaban J connectivity index is 2.51. The number of hydrogen-bond donors (Lipinski definition) is 2. The Morgan fingerprint density at radius 3 is 1.71 bits per heavy atom. The lowest BCUT2D eigenvalue weighted by Gasteiger charge is -2.14. The molecule has 0 aromatic carbocycles. The van der Waals surface area contributed by atoms with E-state index in [0.717, 1.165) is 9.80 Å². The number of amides is 2. The van der Waals surface area contributed by atoms with E-state index in [-0.39, 0.29) is 26.2 Å². The molecule has 0 aliphatic carbocycles. The quantitative estimate of drug-likeness (QED) is 0.602. The van der Waals surface area contributed by atoms with Crippen LogP contribution in [0.25, 0.3) is 0 Å². The van der Waals surface area contributed by atoms with Crippen LogP contribution in [0, 0.1) is 0 Å². The normalized spacial score (nSPS) is 16.1. The Hall–Kier alpha value is -1.79. The van der Waals surface area contributed by atoms with Crippen molar-refractivity contribution in [2.75, 3.05) is 26.2 Å². The van der Waals surface area contributed by atoms with E-state index in [9.17, 15) is 14.4 Å². The fourth-order valence-corrected chi connectivity index (χ4v) is 1.25. The van der Waals surface area contributed by atoms with E-state index in [0.29, 0.717) is 0 Å². The number of carbonyl (C=O) groups is 3. The summed E-state index contributed by atoms with van der Waals surface area (Å²) in [6.45, 7) is -0.235. The van der Waals surface area contributed by atoms with E-state index in [1.807, 2.05) is 0 Å². The molecule has 2 amide bonds. The second-order valence-corrected chi connectivity index (χ2v) is 2.91. The van der Waals surface area contributed by atoms with E-state index in [2.05, 4.69) is 0 Å². The molecule has 7 nitrogen and oxygen atoms in total. The molecule has 0 aromatic heterocycles. The zero-order valence-corrected chi connectivity index (χ0v) is 7.34. The molecular weight excluding hydrogens is 192 g/mol. The predicted octanol–water partition coefficient (Wildman–Crippen LogP) is -1.11. The van der Waals surface area contributed by atoms with Crippen LogP contribution < -0.4 is 0 Å². The molecule has 0 bridgehead atoms. The van der Waals surface area contributed by atoms with Crippen molar-refractivity contribution in [3.05, 3.63) is 0 Å². The molecule has 1 fully saturated rings. The number of carboxylic acid groups (broad SMARTS) is 2. The first-order valence-electron chi connectivity index (χ1n) is 3.98. The van der Waals surface area contributed by atoms with Gasteiger partial charge in [-0.25, -0.2) is 4.79 Å². The van der Waals surface area contributed by atoms with Crippen LogP contribution in [0.15, 0.2) is 0 Å². The molecule has 14 heavy (non-hydrogen) atoms. The van der Waals surface area contributed by atoms with Crippen LogP contribution in [0.3, 0.4) is 0 Å². The van der Waals surface area contributed by atoms with E-state index in [1.54, 1.807) is 0 Å². The lowest BCUT2D eigenvalue weighted by atomic mass is 10.5. The topological polar surface area (TPSA) is 98.2 Å². The van der Waals surface area contributed by atoms with E-state index >= 15 is 0 Å². The fraction of sp³-hybridized carbons (Fsp3) is 0.571. The van der Waals surface area contributed by atoms with E-state index < -0.39 is 18.0 Å². The fourth-order valence-electron chi connectivity index (χ4n) is 1.25. The lowest BCUT2D eigenvalue weighted by molar-refractivity contribution is -0.138. The van der Waals surface area contributed by atoms with Crippen LogP contribution >= 0.6 is 0 Å². The second kappa shape index (κ2) is 3.95. The Bertz CT molecular complexity index is 251. The minimum Gasteiger partial charge on any atom is -0.480 e. The molecule has 1 aliphatic rings. The number of rotatable bonds is 4. The maximum Gasteiger partial charge on any atom is 0.323 e. The maximum absolute atomic E-state index is 11.3. The SMILES string of the molecule is O=C(O)CN1CCN(CC(=O)O)C1=O. The van der Waals surface area contributed by atoms with Gasteiger partial charge in [0, 0.05) is 13.1 Å². The summed E-state index contributed by atoms with van der Waals surface area (Å²) in [4.78, 5) is 34.1. The van der Waals surface area contributed by atoms with Crippen LogP contribution in [0.4, 0.5) is 4.79 Å². The van der Waals surface area contributed by atoms with Crippen molar-refractivity contribution in [1.29, 1.82) is 0 Å². The number of urea groups is 1. The van der Waals surface area contributed by atoms with E-state index in [4.69, 9.17) is 10.2 Å². The zero-order chi connectivity index (χ0) is 10.7.